The first kappa shape index (κ1) is 20.5. The quantitative estimate of drug-likeness (QED) is 0.716. The third-order valence-electron chi connectivity index (χ3n) is 5.28. The summed E-state index contributed by atoms with van der Waals surface area (Å²) in [6, 6.07) is 8.40. The fourth-order valence-electron chi connectivity index (χ4n) is 3.77. The fourth-order valence-corrected chi connectivity index (χ4v) is 3.77. The second-order valence-electron chi connectivity index (χ2n) is 7.88. The molecule has 3 rings (SSSR count). The number of nitrogens with one attached hydrogen (secondary N) is 1. The molecule has 1 atom stereocenters. The molecule has 0 spiro atoms. The standard InChI is InChI=1S/C22H32N4O2/c1-3-7-20-24-22(28-25-20)12-11-21(27)23-14-18-9-4-5-10-19(18)16-26-13-6-8-17(2)15-26/h4-5,9-10,17H,3,6-8,11-16H2,1-2H3,(H,23,27). The predicted octanol–water partition coefficient (Wildman–Crippen LogP) is 3.50. The number of aromatic nitrogens is 2. The molecule has 1 N–H and O–H groups in total. The summed E-state index contributed by atoms with van der Waals surface area (Å²) in [6.45, 7) is 8.24. The van der Waals surface area contributed by atoms with Crippen LogP contribution in [0.4, 0.5) is 0 Å². The maximum atomic E-state index is 12.3. The molecule has 1 unspecified atom stereocenters. The van der Waals surface area contributed by atoms with E-state index in [0.717, 1.165) is 44.2 Å². The number of aryl methyl sites for hydroxylation is 2. The Morgan fingerprint density at radius 3 is 2.89 bits per heavy atom. The molecule has 1 fully saturated rings. The van der Waals surface area contributed by atoms with Crippen molar-refractivity contribution in [3.63, 3.8) is 0 Å². The highest BCUT2D eigenvalue weighted by Gasteiger charge is 2.17. The van der Waals surface area contributed by atoms with Crippen molar-refractivity contribution in [2.45, 2.75) is 65.5 Å². The summed E-state index contributed by atoms with van der Waals surface area (Å²) < 4.78 is 5.20. The number of hydrogen-bond acceptors (Lipinski definition) is 5. The average molecular weight is 385 g/mol. The molecule has 6 nitrogen and oxygen atoms in total. The Morgan fingerprint density at radius 2 is 2.11 bits per heavy atom. The van der Waals surface area contributed by atoms with Crippen molar-refractivity contribution in [3.05, 3.63) is 47.1 Å². The molecule has 0 aliphatic carbocycles. The smallest absolute Gasteiger partial charge is 0.227 e. The minimum Gasteiger partial charge on any atom is -0.352 e. The Hall–Kier alpha value is -2.21. The first-order valence-corrected chi connectivity index (χ1v) is 10.5. The molecule has 0 saturated carbocycles. The van der Waals surface area contributed by atoms with Gasteiger partial charge in [0.2, 0.25) is 11.8 Å². The second-order valence-corrected chi connectivity index (χ2v) is 7.88. The number of amides is 1. The number of benzene rings is 1. The van der Waals surface area contributed by atoms with Crippen LogP contribution in [0.2, 0.25) is 0 Å². The van der Waals surface area contributed by atoms with Crippen molar-refractivity contribution < 1.29 is 9.32 Å². The van der Waals surface area contributed by atoms with Crippen LogP contribution in [0, 0.1) is 5.92 Å². The summed E-state index contributed by atoms with van der Waals surface area (Å²) in [5, 5.41) is 6.97. The van der Waals surface area contributed by atoms with Gasteiger partial charge in [0.05, 0.1) is 0 Å². The summed E-state index contributed by atoms with van der Waals surface area (Å²) >= 11 is 0. The Labute approximate surface area is 167 Å². The van der Waals surface area contributed by atoms with Gasteiger partial charge in [0.25, 0.3) is 0 Å². The fraction of sp³-hybridized carbons (Fsp3) is 0.591. The maximum absolute atomic E-state index is 12.3. The van der Waals surface area contributed by atoms with Crippen LogP contribution in [-0.2, 0) is 30.7 Å². The van der Waals surface area contributed by atoms with E-state index >= 15 is 0 Å². The molecular formula is C22H32N4O2. The van der Waals surface area contributed by atoms with E-state index < -0.39 is 0 Å². The van der Waals surface area contributed by atoms with Gasteiger partial charge < -0.3 is 9.84 Å². The first-order valence-electron chi connectivity index (χ1n) is 10.5. The topological polar surface area (TPSA) is 71.3 Å². The van der Waals surface area contributed by atoms with E-state index in [1.54, 1.807) is 0 Å². The molecule has 2 heterocycles. The van der Waals surface area contributed by atoms with Gasteiger partial charge in [0, 0.05) is 38.9 Å². The molecule has 0 radical (unpaired) electrons. The molecule has 1 amide bonds. The van der Waals surface area contributed by atoms with E-state index in [1.165, 1.54) is 24.0 Å². The lowest BCUT2D eigenvalue weighted by atomic mass is 9.99. The largest absolute Gasteiger partial charge is 0.352 e. The Balaban J connectivity index is 1.47. The number of hydrogen-bond donors (Lipinski definition) is 1. The van der Waals surface area contributed by atoms with E-state index in [0.29, 0.717) is 25.3 Å². The zero-order chi connectivity index (χ0) is 19.8. The van der Waals surface area contributed by atoms with Crippen molar-refractivity contribution >= 4 is 5.91 Å². The SMILES string of the molecule is CCCc1noc(CCC(=O)NCc2ccccc2CN2CCCC(C)C2)n1. The van der Waals surface area contributed by atoms with Gasteiger partial charge in [-0.3, -0.25) is 9.69 Å². The van der Waals surface area contributed by atoms with Gasteiger partial charge in [0.1, 0.15) is 0 Å². The van der Waals surface area contributed by atoms with Crippen LogP contribution in [0.3, 0.4) is 0 Å². The van der Waals surface area contributed by atoms with E-state index in [4.69, 9.17) is 4.52 Å². The van der Waals surface area contributed by atoms with Gasteiger partial charge in [-0.15, -0.1) is 0 Å². The van der Waals surface area contributed by atoms with Crippen LogP contribution in [0.1, 0.15) is 62.4 Å². The summed E-state index contributed by atoms with van der Waals surface area (Å²) in [4.78, 5) is 19.1. The van der Waals surface area contributed by atoms with Gasteiger partial charge in [-0.2, -0.15) is 4.98 Å². The van der Waals surface area contributed by atoms with Crippen LogP contribution >= 0.6 is 0 Å². The van der Waals surface area contributed by atoms with Gasteiger partial charge in [-0.05, 0) is 42.9 Å². The minimum atomic E-state index is 0.0108. The number of rotatable bonds is 9. The third-order valence-corrected chi connectivity index (χ3v) is 5.28. The van der Waals surface area contributed by atoms with E-state index in [-0.39, 0.29) is 5.91 Å². The highest BCUT2D eigenvalue weighted by Crippen LogP contribution is 2.19. The third kappa shape index (κ3) is 6.16. The number of carbonyl (C=O) groups excluding carboxylic acids is 1. The lowest BCUT2D eigenvalue weighted by Crippen LogP contribution is -2.34. The number of carbonyl (C=O) groups is 1. The molecule has 1 aliphatic heterocycles. The van der Waals surface area contributed by atoms with Crippen LogP contribution in [0.25, 0.3) is 0 Å². The summed E-state index contributed by atoms with van der Waals surface area (Å²) in [7, 11) is 0. The highest BCUT2D eigenvalue weighted by atomic mass is 16.5. The molecule has 2 aromatic rings. The molecule has 28 heavy (non-hydrogen) atoms. The van der Waals surface area contributed by atoms with Crippen LogP contribution in [0.5, 0.6) is 0 Å². The first-order chi connectivity index (χ1) is 13.6. The average Bonchev–Trinajstić information content (AvgIpc) is 3.13. The van der Waals surface area contributed by atoms with E-state index in [2.05, 4.69) is 52.4 Å². The van der Waals surface area contributed by atoms with Crippen LogP contribution in [0.15, 0.2) is 28.8 Å². The van der Waals surface area contributed by atoms with Gasteiger partial charge in [-0.25, -0.2) is 0 Å². The Morgan fingerprint density at radius 1 is 1.29 bits per heavy atom. The Bertz CT molecular complexity index is 758. The normalized spacial score (nSPS) is 17.6. The van der Waals surface area contributed by atoms with Crippen molar-refractivity contribution in [2.24, 2.45) is 5.92 Å². The monoisotopic (exact) mass is 384 g/mol. The molecule has 1 aromatic heterocycles. The van der Waals surface area contributed by atoms with Crippen molar-refractivity contribution in [2.75, 3.05) is 13.1 Å². The van der Waals surface area contributed by atoms with E-state index in [9.17, 15) is 4.79 Å². The number of likely N-dealkylation sites (tertiary alicyclic amines) is 1. The Kier molecular flexibility index (Phi) is 7.60. The molecule has 152 valence electrons. The van der Waals surface area contributed by atoms with E-state index in [1.807, 2.05) is 6.07 Å². The molecule has 6 heteroatoms. The zero-order valence-corrected chi connectivity index (χ0v) is 17.1. The van der Waals surface area contributed by atoms with Gasteiger partial charge >= 0.3 is 0 Å². The van der Waals surface area contributed by atoms with Crippen LogP contribution in [-0.4, -0.2) is 34.0 Å². The molecular weight excluding hydrogens is 352 g/mol. The molecule has 1 saturated heterocycles. The van der Waals surface area contributed by atoms with Gasteiger partial charge in [0.15, 0.2) is 5.82 Å². The molecule has 0 bridgehead atoms. The number of nitrogens with zero attached hydrogens (tertiary/aromatic N) is 3. The summed E-state index contributed by atoms with van der Waals surface area (Å²) in [5.74, 6) is 2.04. The lowest BCUT2D eigenvalue weighted by Gasteiger charge is -2.31. The number of piperidine rings is 1. The molecule has 1 aliphatic rings. The predicted molar refractivity (Wildman–Crippen MR) is 109 cm³/mol. The second kappa shape index (κ2) is 10.4. The minimum absolute atomic E-state index is 0.0108. The summed E-state index contributed by atoms with van der Waals surface area (Å²) in [5.41, 5.74) is 2.50. The molecule has 1 aromatic carbocycles. The van der Waals surface area contributed by atoms with Crippen molar-refractivity contribution in [3.8, 4) is 0 Å². The zero-order valence-electron chi connectivity index (χ0n) is 17.1. The maximum Gasteiger partial charge on any atom is 0.227 e. The van der Waals surface area contributed by atoms with Crippen molar-refractivity contribution in [1.82, 2.24) is 20.4 Å². The van der Waals surface area contributed by atoms with Crippen LogP contribution < -0.4 is 5.32 Å². The van der Waals surface area contributed by atoms with Gasteiger partial charge in [-0.1, -0.05) is 43.3 Å². The summed E-state index contributed by atoms with van der Waals surface area (Å²) in [6.07, 6.45) is 5.23. The highest BCUT2D eigenvalue weighted by molar-refractivity contribution is 5.76. The van der Waals surface area contributed by atoms with Crippen molar-refractivity contribution in [1.29, 1.82) is 0 Å². The lowest BCUT2D eigenvalue weighted by molar-refractivity contribution is -0.121.